The third-order valence-corrected chi connectivity index (χ3v) is 6.67. The van der Waals surface area contributed by atoms with Crippen LogP contribution in [0.1, 0.15) is 15.9 Å². The smallest absolute Gasteiger partial charge is 0.330 e. The van der Waals surface area contributed by atoms with Crippen molar-refractivity contribution in [2.45, 2.75) is 6.54 Å². The molecule has 2 heterocycles. The molecule has 11 heteroatoms. The number of ether oxygens (including phenoxy) is 1. The van der Waals surface area contributed by atoms with E-state index in [1.165, 1.54) is 27.4 Å². The second kappa shape index (κ2) is 10.6. The molecule has 4 aromatic rings. The number of hydrogen-bond donors (Lipinski definition) is 2. The second-order valence-electron chi connectivity index (χ2n) is 8.16. The third kappa shape index (κ3) is 4.89. The van der Waals surface area contributed by atoms with Gasteiger partial charge in [-0.25, -0.2) is 9.78 Å². The van der Waals surface area contributed by atoms with Crippen LogP contribution in [0.3, 0.4) is 0 Å². The van der Waals surface area contributed by atoms with E-state index >= 15 is 0 Å². The molecule has 2 aromatic carbocycles. The van der Waals surface area contributed by atoms with Crippen LogP contribution < -0.4 is 27.0 Å². The highest BCUT2D eigenvalue weighted by molar-refractivity contribution is 6.39. The van der Waals surface area contributed by atoms with E-state index in [-0.39, 0.29) is 22.8 Å². The minimum Gasteiger partial charge on any atom is -0.481 e. The van der Waals surface area contributed by atoms with Crippen molar-refractivity contribution in [2.24, 2.45) is 19.8 Å². The van der Waals surface area contributed by atoms with Crippen LogP contribution in [0.4, 0.5) is 5.69 Å². The lowest BCUT2D eigenvalue weighted by molar-refractivity contribution is 0.102. The van der Waals surface area contributed by atoms with Gasteiger partial charge in [-0.1, -0.05) is 59.6 Å². The molecule has 2 aromatic heterocycles. The van der Waals surface area contributed by atoms with E-state index in [0.29, 0.717) is 33.3 Å². The Hall–Kier alpha value is -3.92. The first-order valence-electron chi connectivity index (χ1n) is 11.1. The van der Waals surface area contributed by atoms with Gasteiger partial charge in [0.1, 0.15) is 5.56 Å². The van der Waals surface area contributed by atoms with Crippen molar-refractivity contribution in [1.82, 2.24) is 14.1 Å². The Labute approximate surface area is 222 Å². The summed E-state index contributed by atoms with van der Waals surface area (Å²) in [5.74, 6) is -0.292. The second-order valence-corrected chi connectivity index (χ2v) is 8.91. The molecule has 9 nitrogen and oxygen atoms in total. The van der Waals surface area contributed by atoms with Crippen molar-refractivity contribution in [3.05, 3.63) is 96.7 Å². The van der Waals surface area contributed by atoms with Crippen molar-refractivity contribution in [3.8, 4) is 28.3 Å². The number of methoxy groups -OCH3 is 1. The third-order valence-electron chi connectivity index (χ3n) is 5.86. The molecule has 190 valence electrons. The lowest BCUT2D eigenvalue weighted by atomic mass is 10.00. The molecule has 0 aliphatic rings. The zero-order chi connectivity index (χ0) is 26.9. The van der Waals surface area contributed by atoms with Crippen LogP contribution in [-0.4, -0.2) is 27.1 Å². The number of nitrogens with zero attached hydrogens (tertiary/aromatic N) is 3. The number of carbonyl (C=O) groups excluding carboxylic acids is 1. The number of pyridine rings is 1. The number of nitrogens with one attached hydrogen (secondary N) is 1. The highest BCUT2D eigenvalue weighted by Crippen LogP contribution is 2.41. The van der Waals surface area contributed by atoms with Crippen molar-refractivity contribution >= 4 is 34.8 Å². The molecule has 0 atom stereocenters. The molecule has 4 rings (SSSR count). The number of rotatable bonds is 6. The summed E-state index contributed by atoms with van der Waals surface area (Å²) < 4.78 is 7.37. The molecule has 0 saturated heterocycles. The first kappa shape index (κ1) is 26.2. The number of benzene rings is 2. The van der Waals surface area contributed by atoms with Crippen molar-refractivity contribution in [3.63, 3.8) is 0 Å². The number of halogens is 2. The van der Waals surface area contributed by atoms with Crippen LogP contribution >= 0.6 is 23.2 Å². The molecule has 0 aliphatic carbocycles. The van der Waals surface area contributed by atoms with Gasteiger partial charge in [-0.15, -0.1) is 0 Å². The maximum Gasteiger partial charge on any atom is 0.330 e. The largest absolute Gasteiger partial charge is 0.481 e. The van der Waals surface area contributed by atoms with Crippen LogP contribution in [0, 0.1) is 0 Å². The summed E-state index contributed by atoms with van der Waals surface area (Å²) in [4.78, 5) is 41.9. The molecule has 0 bridgehead atoms. The average Bonchev–Trinajstić information content (AvgIpc) is 2.90. The predicted molar refractivity (Wildman–Crippen MR) is 144 cm³/mol. The fourth-order valence-electron chi connectivity index (χ4n) is 3.88. The molecule has 0 aliphatic heterocycles. The zero-order valence-corrected chi connectivity index (χ0v) is 21.7. The van der Waals surface area contributed by atoms with Crippen molar-refractivity contribution in [1.29, 1.82) is 0 Å². The van der Waals surface area contributed by atoms with Crippen LogP contribution in [0.25, 0.3) is 22.4 Å². The minimum atomic E-state index is -0.716. The summed E-state index contributed by atoms with van der Waals surface area (Å²) in [6.45, 7) is 0.281. The SMILES string of the molecule is COc1nc(-c2cccc(-c3cccc(NC(=O)c4cn(C)c(=O)n(C)c4=O)c3Cl)c2Cl)ccc1CN. The lowest BCUT2D eigenvalue weighted by Crippen LogP contribution is -2.40. The van der Waals surface area contributed by atoms with Gasteiger partial charge >= 0.3 is 5.69 Å². The molecule has 0 radical (unpaired) electrons. The highest BCUT2D eigenvalue weighted by atomic mass is 35.5. The number of aryl methyl sites for hydroxylation is 1. The molecule has 0 spiro atoms. The van der Waals surface area contributed by atoms with E-state index in [1.54, 1.807) is 24.3 Å². The molecule has 1 amide bonds. The Bertz CT molecular complexity index is 1650. The quantitative estimate of drug-likeness (QED) is 0.384. The van der Waals surface area contributed by atoms with Gasteiger partial charge in [-0.05, 0) is 12.1 Å². The van der Waals surface area contributed by atoms with Crippen LogP contribution in [0.2, 0.25) is 10.0 Å². The van der Waals surface area contributed by atoms with Gasteiger partial charge in [-0.2, -0.15) is 0 Å². The Morgan fingerprint density at radius 3 is 2.32 bits per heavy atom. The van der Waals surface area contributed by atoms with Gasteiger partial charge in [0.15, 0.2) is 0 Å². The maximum absolute atomic E-state index is 12.9. The fraction of sp³-hybridized carbons (Fsp3) is 0.154. The van der Waals surface area contributed by atoms with E-state index in [2.05, 4.69) is 10.3 Å². The van der Waals surface area contributed by atoms with Gasteiger partial charge in [-0.3, -0.25) is 14.2 Å². The Morgan fingerprint density at radius 2 is 1.65 bits per heavy atom. The standard InChI is InChI=1S/C26H23Cl2N5O4/c1-32-13-18(25(35)33(2)26(32)36)23(34)30-20-9-5-7-16(22(20)28)15-6-4-8-17(21(15)27)19-11-10-14(12-29)24(31-19)37-3/h4-11,13H,12,29H2,1-3H3,(H,30,34). The first-order valence-corrected chi connectivity index (χ1v) is 11.8. The molecule has 0 saturated carbocycles. The van der Waals surface area contributed by atoms with E-state index in [4.69, 9.17) is 33.7 Å². The van der Waals surface area contributed by atoms with Gasteiger partial charge in [0.05, 0.1) is 28.5 Å². The molecular weight excluding hydrogens is 517 g/mol. The van der Waals surface area contributed by atoms with Gasteiger partial charge < -0.3 is 20.4 Å². The number of amides is 1. The lowest BCUT2D eigenvalue weighted by Gasteiger charge is -2.15. The van der Waals surface area contributed by atoms with E-state index < -0.39 is 17.2 Å². The Kier molecular flexibility index (Phi) is 7.49. The van der Waals surface area contributed by atoms with Crippen molar-refractivity contribution < 1.29 is 9.53 Å². The predicted octanol–water partition coefficient (Wildman–Crippen LogP) is 3.84. The summed E-state index contributed by atoms with van der Waals surface area (Å²) in [6, 6.07) is 14.1. The monoisotopic (exact) mass is 539 g/mol. The summed E-state index contributed by atoms with van der Waals surface area (Å²) in [5.41, 5.74) is 7.74. The van der Waals surface area contributed by atoms with Gasteiger partial charge in [0.2, 0.25) is 5.88 Å². The molecule has 37 heavy (non-hydrogen) atoms. The first-order chi connectivity index (χ1) is 17.7. The molecule has 0 unspecified atom stereocenters. The number of carbonyl (C=O) groups is 1. The van der Waals surface area contributed by atoms with E-state index in [1.807, 2.05) is 24.3 Å². The van der Waals surface area contributed by atoms with Crippen LogP contribution in [-0.2, 0) is 20.6 Å². The number of anilines is 1. The normalized spacial score (nSPS) is 10.9. The summed E-state index contributed by atoms with van der Waals surface area (Å²) in [6.07, 6.45) is 1.19. The number of nitrogens with two attached hydrogens (primary N) is 1. The summed E-state index contributed by atoms with van der Waals surface area (Å²) in [7, 11) is 4.28. The Morgan fingerprint density at radius 1 is 1.00 bits per heavy atom. The zero-order valence-electron chi connectivity index (χ0n) is 20.2. The maximum atomic E-state index is 12.9. The number of aromatic nitrogens is 3. The summed E-state index contributed by atoms with van der Waals surface area (Å²) >= 11 is 13.5. The van der Waals surface area contributed by atoms with Gasteiger partial charge in [0.25, 0.3) is 11.5 Å². The number of hydrogen-bond acceptors (Lipinski definition) is 6. The Balaban J connectivity index is 1.74. The van der Waals surface area contributed by atoms with Crippen LogP contribution in [0.5, 0.6) is 5.88 Å². The highest BCUT2D eigenvalue weighted by Gasteiger charge is 2.19. The average molecular weight is 540 g/mol. The molecule has 3 N–H and O–H groups in total. The minimum absolute atomic E-state index is 0.202. The van der Waals surface area contributed by atoms with E-state index in [9.17, 15) is 14.4 Å². The molecule has 0 fully saturated rings. The molecular formula is C26H23Cl2N5O4. The van der Waals surface area contributed by atoms with Crippen LogP contribution in [0.15, 0.2) is 64.3 Å². The topological polar surface area (TPSA) is 121 Å². The summed E-state index contributed by atoms with van der Waals surface area (Å²) in [5, 5.41) is 3.28. The van der Waals surface area contributed by atoms with E-state index in [0.717, 1.165) is 14.7 Å². The fourth-order valence-corrected chi connectivity index (χ4v) is 4.48. The van der Waals surface area contributed by atoms with Gasteiger partial charge in [0, 0.05) is 49.1 Å². The van der Waals surface area contributed by atoms with Crippen molar-refractivity contribution in [2.75, 3.05) is 12.4 Å².